The highest BCUT2D eigenvalue weighted by Gasteiger charge is 2.29. The van der Waals surface area contributed by atoms with Crippen LogP contribution in [0.15, 0.2) is 18.3 Å². The first kappa shape index (κ1) is 13.7. The number of halogens is 1. The van der Waals surface area contributed by atoms with E-state index >= 15 is 0 Å². The van der Waals surface area contributed by atoms with Gasteiger partial charge in [-0.2, -0.15) is 0 Å². The predicted octanol–water partition coefficient (Wildman–Crippen LogP) is 2.10. The second kappa shape index (κ2) is 6.47. The summed E-state index contributed by atoms with van der Waals surface area (Å²) in [7, 11) is 1.97. The lowest BCUT2D eigenvalue weighted by molar-refractivity contribution is -0.109. The molecule has 1 heterocycles. The molecule has 1 N–H and O–H groups in total. The number of nitrogens with one attached hydrogen (secondary N) is 1. The van der Waals surface area contributed by atoms with E-state index in [1.54, 1.807) is 6.20 Å². The van der Waals surface area contributed by atoms with Crippen molar-refractivity contribution in [3.63, 3.8) is 0 Å². The summed E-state index contributed by atoms with van der Waals surface area (Å²) in [6, 6.07) is 4.46. The fourth-order valence-corrected chi connectivity index (χ4v) is 2.21. The molecule has 1 saturated carbocycles. The number of nitrogens with zero attached hydrogens (tertiary/aromatic N) is 1. The summed E-state index contributed by atoms with van der Waals surface area (Å²) in [5.74, 6) is 0.680. The molecule has 0 atom stereocenters. The Labute approximate surface area is 121 Å². The topological polar surface area (TPSA) is 51.2 Å². The van der Waals surface area contributed by atoms with E-state index in [1.165, 1.54) is 0 Å². The molecule has 0 saturated heterocycles. The minimum Gasteiger partial charge on any atom is -0.474 e. The third-order valence-electron chi connectivity index (χ3n) is 3.20. The zero-order valence-corrected chi connectivity index (χ0v) is 12.5. The van der Waals surface area contributed by atoms with Gasteiger partial charge in [0.25, 0.3) is 0 Å². The van der Waals surface area contributed by atoms with Gasteiger partial charge in [-0.1, -0.05) is 6.07 Å². The number of hydrogen-bond acceptors (Lipinski definition) is 4. The van der Waals surface area contributed by atoms with Crippen LogP contribution in [0.5, 0.6) is 5.88 Å². The quantitative estimate of drug-likeness (QED) is 0.624. The third-order valence-corrected chi connectivity index (χ3v) is 3.74. The van der Waals surface area contributed by atoms with E-state index in [-0.39, 0.29) is 9.89 Å². The summed E-state index contributed by atoms with van der Waals surface area (Å²) < 4.78 is 5.92. The van der Waals surface area contributed by atoms with Gasteiger partial charge >= 0.3 is 0 Å². The van der Waals surface area contributed by atoms with Crippen LogP contribution in [0.2, 0.25) is 0 Å². The van der Waals surface area contributed by atoms with Gasteiger partial charge in [0.2, 0.25) is 5.88 Å². The zero-order valence-electron chi connectivity index (χ0n) is 10.4. The van der Waals surface area contributed by atoms with Gasteiger partial charge in [-0.15, -0.1) is 0 Å². The molecule has 0 aromatic carbocycles. The highest BCUT2D eigenvalue weighted by Crippen LogP contribution is 2.24. The lowest BCUT2D eigenvalue weighted by Crippen LogP contribution is -2.45. The van der Waals surface area contributed by atoms with Crippen molar-refractivity contribution >= 4 is 26.4 Å². The molecule has 0 radical (unpaired) electrons. The maximum absolute atomic E-state index is 10.9. The van der Waals surface area contributed by atoms with Crippen LogP contribution in [0.4, 0.5) is 0 Å². The first-order chi connectivity index (χ1) is 8.67. The van der Waals surface area contributed by atoms with Crippen molar-refractivity contribution in [1.29, 1.82) is 0 Å². The van der Waals surface area contributed by atoms with Crippen LogP contribution in [0.1, 0.15) is 24.8 Å². The molecule has 1 aliphatic carbocycles. The number of rotatable bonds is 6. The van der Waals surface area contributed by atoms with Crippen molar-refractivity contribution in [2.24, 2.45) is 0 Å². The van der Waals surface area contributed by atoms with E-state index in [9.17, 15) is 4.79 Å². The van der Waals surface area contributed by atoms with Crippen molar-refractivity contribution in [3.05, 3.63) is 23.9 Å². The van der Waals surface area contributed by atoms with E-state index in [4.69, 9.17) is 4.74 Å². The molecule has 5 heteroatoms. The second-order valence-electron chi connectivity index (χ2n) is 4.56. The second-order valence-corrected chi connectivity index (χ2v) is 5.76. The molecule has 1 fully saturated rings. The molecule has 4 nitrogen and oxygen atoms in total. The molecule has 0 bridgehead atoms. The molecule has 2 rings (SSSR count). The van der Waals surface area contributed by atoms with E-state index in [0.29, 0.717) is 18.3 Å². The largest absolute Gasteiger partial charge is 0.474 e. The summed E-state index contributed by atoms with van der Waals surface area (Å²) in [5, 5.41) is 3.22. The minimum atomic E-state index is 0.181. The lowest BCUT2D eigenvalue weighted by Gasteiger charge is -2.34. The molecule has 1 aromatic rings. The average Bonchev–Trinajstić information content (AvgIpc) is 2.32. The van der Waals surface area contributed by atoms with Gasteiger partial charge in [0.05, 0.1) is 0 Å². The zero-order chi connectivity index (χ0) is 13.0. The molecule has 0 spiro atoms. The summed E-state index contributed by atoms with van der Waals surface area (Å²) >= 11 is 1.82. The van der Waals surface area contributed by atoms with Crippen LogP contribution < -0.4 is 10.1 Å². The van der Waals surface area contributed by atoms with Gasteiger partial charge in [-0.3, -0.25) is 4.79 Å². The van der Waals surface area contributed by atoms with Crippen molar-refractivity contribution in [2.45, 2.75) is 37.8 Å². The Hall–Kier alpha value is -0.690. The molecular weight excluding hydrogens is 343 g/mol. The number of ether oxygens (including phenoxy) is 1. The fourth-order valence-electron chi connectivity index (χ4n) is 1.94. The van der Waals surface area contributed by atoms with E-state index < -0.39 is 0 Å². The molecule has 18 heavy (non-hydrogen) atoms. The summed E-state index contributed by atoms with van der Waals surface area (Å²) in [6.45, 7) is 0. The Morgan fingerprint density at radius 3 is 2.89 bits per heavy atom. The minimum absolute atomic E-state index is 0.181. The van der Waals surface area contributed by atoms with Crippen molar-refractivity contribution in [2.75, 3.05) is 7.05 Å². The monoisotopic (exact) mass is 360 g/mol. The molecule has 98 valence electrons. The molecule has 0 amide bonds. The number of pyridine rings is 1. The Morgan fingerprint density at radius 1 is 1.56 bits per heavy atom. The summed E-state index contributed by atoms with van der Waals surface area (Å²) in [5.41, 5.74) is 1.08. The van der Waals surface area contributed by atoms with Crippen LogP contribution >= 0.6 is 22.6 Å². The lowest BCUT2D eigenvalue weighted by atomic mass is 9.89. The number of aryl methyl sites for hydroxylation is 1. The molecule has 0 unspecified atom stereocenters. The first-order valence-corrected chi connectivity index (χ1v) is 7.22. The van der Waals surface area contributed by atoms with Crippen molar-refractivity contribution in [3.8, 4) is 5.88 Å². The average molecular weight is 360 g/mol. The van der Waals surface area contributed by atoms with Gasteiger partial charge in [0.15, 0.2) is 3.79 Å². The molecular formula is C13H17IN2O2. The fraction of sp³-hybridized carbons (Fsp3) is 0.538. The van der Waals surface area contributed by atoms with Crippen molar-refractivity contribution in [1.82, 2.24) is 10.3 Å². The van der Waals surface area contributed by atoms with E-state index in [1.807, 2.05) is 41.8 Å². The predicted molar refractivity (Wildman–Crippen MR) is 78.1 cm³/mol. The number of aromatic nitrogens is 1. The number of hydrogen-bond donors (Lipinski definition) is 1. The van der Waals surface area contributed by atoms with Crippen LogP contribution in [-0.2, 0) is 11.2 Å². The highest BCUT2D eigenvalue weighted by molar-refractivity contribution is 14.1. The Morgan fingerprint density at radius 2 is 2.33 bits per heavy atom. The standard InChI is InChI=1S/C13H17IN2O2/c1-15-10-6-11(7-10)18-13-5-3-9(8-16-13)2-4-12(14)17/h3,5,8,10-11,15H,2,4,6-7H2,1H3. The van der Waals surface area contributed by atoms with Gasteiger partial charge < -0.3 is 10.1 Å². The Bertz CT molecular complexity index is 402. The smallest absolute Gasteiger partial charge is 0.213 e. The molecule has 1 aliphatic rings. The Kier molecular flexibility index (Phi) is 4.94. The maximum atomic E-state index is 10.9. The summed E-state index contributed by atoms with van der Waals surface area (Å²) in [6.07, 6.45) is 5.49. The van der Waals surface area contributed by atoms with Crippen LogP contribution in [0, 0.1) is 0 Å². The molecule has 1 aromatic heterocycles. The van der Waals surface area contributed by atoms with Crippen LogP contribution in [0.3, 0.4) is 0 Å². The normalized spacial score (nSPS) is 22.3. The molecule has 0 aliphatic heterocycles. The van der Waals surface area contributed by atoms with Gasteiger partial charge in [0.1, 0.15) is 6.10 Å². The van der Waals surface area contributed by atoms with Crippen molar-refractivity contribution < 1.29 is 9.53 Å². The van der Waals surface area contributed by atoms with Gasteiger partial charge in [0, 0.05) is 24.7 Å². The summed E-state index contributed by atoms with van der Waals surface area (Å²) in [4.78, 5) is 15.1. The number of carbonyl (C=O) groups excluding carboxylic acids is 1. The van der Waals surface area contributed by atoms with Gasteiger partial charge in [-0.05, 0) is 54.5 Å². The number of carbonyl (C=O) groups is 1. The first-order valence-electron chi connectivity index (χ1n) is 6.14. The SMILES string of the molecule is CNC1CC(Oc2ccc(CCC(=O)I)cn2)C1. The van der Waals surface area contributed by atoms with E-state index in [2.05, 4.69) is 10.3 Å². The van der Waals surface area contributed by atoms with Gasteiger partial charge in [-0.25, -0.2) is 4.98 Å². The third kappa shape index (κ3) is 3.91. The van der Waals surface area contributed by atoms with Crippen LogP contribution in [-0.4, -0.2) is 28.0 Å². The Balaban J connectivity index is 1.79. The maximum Gasteiger partial charge on any atom is 0.213 e. The van der Waals surface area contributed by atoms with Crippen LogP contribution in [0.25, 0.3) is 0 Å². The van der Waals surface area contributed by atoms with E-state index in [0.717, 1.165) is 24.8 Å². The highest BCUT2D eigenvalue weighted by atomic mass is 127.